The Morgan fingerprint density at radius 1 is 0.967 bits per heavy atom. The number of piperidine rings is 1. The summed E-state index contributed by atoms with van der Waals surface area (Å²) in [7, 11) is 1.00. The van der Waals surface area contributed by atoms with Gasteiger partial charge in [-0.05, 0) is 81.4 Å². The Labute approximate surface area is 177 Å². The van der Waals surface area contributed by atoms with Crippen LogP contribution in [-0.2, 0) is 4.79 Å². The molecule has 3 rings (SSSR count). The van der Waals surface area contributed by atoms with E-state index in [2.05, 4.69) is 15.9 Å². The molecule has 0 spiro atoms. The van der Waals surface area contributed by atoms with E-state index < -0.39 is 11.6 Å². The van der Waals surface area contributed by atoms with E-state index in [4.69, 9.17) is 0 Å². The zero-order valence-corrected chi connectivity index (χ0v) is 18.3. The molecule has 1 aromatic carbocycles. The smallest absolute Gasteiger partial charge is 0.143 e. The Hall–Kier alpha value is -1.73. The van der Waals surface area contributed by atoms with Crippen LogP contribution in [-0.4, -0.2) is 69.2 Å². The minimum absolute atomic E-state index is 0.248. The van der Waals surface area contributed by atoms with Crippen molar-refractivity contribution in [1.82, 2.24) is 9.80 Å². The number of alkyl halides is 2. The van der Waals surface area contributed by atoms with Crippen molar-refractivity contribution in [3.63, 3.8) is 0 Å². The molecule has 7 heteroatoms. The molecular weight excluding hydrogens is 396 g/mol. The number of Topliss-reactive ketones (excluding diaryl/α,β-unsaturated/α-hetero) is 1. The summed E-state index contributed by atoms with van der Waals surface area (Å²) in [5, 5.41) is 0. The maximum absolute atomic E-state index is 13.4. The molecule has 0 aliphatic carbocycles. The first kappa shape index (κ1) is 26.3. The Kier molecular flexibility index (Phi) is 12.5. The van der Waals surface area contributed by atoms with Crippen molar-refractivity contribution in [2.75, 3.05) is 53.6 Å². The molecule has 30 heavy (non-hydrogen) atoms. The monoisotopic (exact) mass is 430 g/mol. The predicted molar refractivity (Wildman–Crippen MR) is 114 cm³/mol. The first-order valence-electron chi connectivity index (χ1n) is 10.3. The van der Waals surface area contributed by atoms with Crippen LogP contribution in [0.15, 0.2) is 24.3 Å². The van der Waals surface area contributed by atoms with Gasteiger partial charge in [0.15, 0.2) is 0 Å². The molecule has 0 bridgehead atoms. The SMILES string of the molecule is CC(=O)CN1CCC(CCN2CC=C(c3cc(F)cc(F)c3)CC2)CC1.CF.CF. The van der Waals surface area contributed by atoms with Gasteiger partial charge in [-0.25, -0.2) is 8.78 Å². The predicted octanol–water partition coefficient (Wildman–Crippen LogP) is 4.92. The minimum Gasteiger partial charge on any atom is -0.299 e. The maximum Gasteiger partial charge on any atom is 0.143 e. The summed E-state index contributed by atoms with van der Waals surface area (Å²) in [5.74, 6) is -0.0441. The molecule has 0 amide bonds. The summed E-state index contributed by atoms with van der Waals surface area (Å²) in [4.78, 5) is 15.9. The molecule has 0 unspecified atom stereocenters. The Balaban J connectivity index is 0.00000106. The minimum atomic E-state index is -0.514. The number of benzene rings is 1. The van der Waals surface area contributed by atoms with Crippen molar-refractivity contribution >= 4 is 11.4 Å². The molecule has 2 aliphatic heterocycles. The van der Waals surface area contributed by atoms with E-state index in [-0.39, 0.29) is 5.78 Å². The lowest BCUT2D eigenvalue weighted by Crippen LogP contribution is -2.38. The summed E-state index contributed by atoms with van der Waals surface area (Å²) < 4.78 is 45.8. The molecule has 1 saturated heterocycles. The van der Waals surface area contributed by atoms with E-state index >= 15 is 0 Å². The topological polar surface area (TPSA) is 23.6 Å². The molecule has 1 aromatic rings. The van der Waals surface area contributed by atoms with E-state index in [1.807, 2.05) is 0 Å². The summed E-state index contributed by atoms with van der Waals surface area (Å²) in [6.45, 7) is 7.15. The number of ketones is 1. The number of carbonyl (C=O) groups is 1. The standard InChI is InChI=1S/C21H28F2N2O.2CH3F/c1-16(26)15-25-8-3-17(4-9-25)2-7-24-10-5-18(6-11-24)19-12-20(22)14-21(23)13-19;2*1-2/h5,12-14,17H,2-4,6-11,15H2,1H3;2*1H3. The summed E-state index contributed by atoms with van der Waals surface area (Å²) in [6.07, 6.45) is 6.47. The first-order valence-corrected chi connectivity index (χ1v) is 10.3. The average molecular weight is 431 g/mol. The fraction of sp³-hybridized carbons (Fsp3) is 0.609. The Bertz CT molecular complexity index is 653. The second-order valence-corrected chi connectivity index (χ2v) is 7.65. The quantitative estimate of drug-likeness (QED) is 0.599. The third kappa shape index (κ3) is 8.96. The molecule has 0 saturated carbocycles. The summed E-state index contributed by atoms with van der Waals surface area (Å²) in [5.41, 5.74) is 1.71. The molecule has 0 atom stereocenters. The highest BCUT2D eigenvalue weighted by Gasteiger charge is 2.21. The van der Waals surface area contributed by atoms with Gasteiger partial charge < -0.3 is 0 Å². The third-order valence-corrected chi connectivity index (χ3v) is 5.53. The molecule has 1 fully saturated rings. The van der Waals surface area contributed by atoms with Crippen molar-refractivity contribution in [1.29, 1.82) is 0 Å². The number of nitrogens with zero attached hydrogens (tertiary/aromatic N) is 2. The summed E-state index contributed by atoms with van der Waals surface area (Å²) >= 11 is 0. The van der Waals surface area contributed by atoms with Gasteiger partial charge >= 0.3 is 0 Å². The maximum atomic E-state index is 13.4. The van der Waals surface area contributed by atoms with Crippen LogP contribution < -0.4 is 0 Å². The van der Waals surface area contributed by atoms with E-state index in [1.165, 1.54) is 31.4 Å². The van der Waals surface area contributed by atoms with E-state index in [0.717, 1.165) is 56.7 Å². The Morgan fingerprint density at radius 3 is 2.07 bits per heavy atom. The number of hydrogen-bond acceptors (Lipinski definition) is 3. The normalized spacial score (nSPS) is 17.9. The zero-order chi connectivity index (χ0) is 22.5. The van der Waals surface area contributed by atoms with Crippen LogP contribution in [0.2, 0.25) is 0 Å². The van der Waals surface area contributed by atoms with Crippen molar-refractivity contribution in [3.05, 3.63) is 41.5 Å². The Morgan fingerprint density at radius 2 is 1.57 bits per heavy atom. The van der Waals surface area contributed by atoms with Crippen LogP contribution in [0.4, 0.5) is 17.6 Å². The van der Waals surface area contributed by atoms with Crippen LogP contribution in [0, 0.1) is 17.6 Å². The van der Waals surface area contributed by atoms with Gasteiger partial charge in [-0.15, -0.1) is 0 Å². The second-order valence-electron chi connectivity index (χ2n) is 7.65. The number of hydrogen-bond donors (Lipinski definition) is 0. The van der Waals surface area contributed by atoms with Crippen molar-refractivity contribution in [2.24, 2.45) is 5.92 Å². The van der Waals surface area contributed by atoms with Crippen molar-refractivity contribution in [3.8, 4) is 0 Å². The van der Waals surface area contributed by atoms with Gasteiger partial charge in [0.2, 0.25) is 0 Å². The third-order valence-electron chi connectivity index (χ3n) is 5.53. The van der Waals surface area contributed by atoms with E-state index in [1.54, 1.807) is 6.92 Å². The van der Waals surface area contributed by atoms with Gasteiger partial charge in [0, 0.05) is 19.2 Å². The number of carbonyl (C=O) groups excluding carboxylic acids is 1. The van der Waals surface area contributed by atoms with Crippen LogP contribution in [0.25, 0.3) is 5.57 Å². The number of rotatable bonds is 6. The highest BCUT2D eigenvalue weighted by Crippen LogP contribution is 2.25. The highest BCUT2D eigenvalue weighted by atomic mass is 19.1. The fourth-order valence-electron chi connectivity index (χ4n) is 4.03. The molecule has 0 aromatic heterocycles. The van der Waals surface area contributed by atoms with Crippen LogP contribution in [0.3, 0.4) is 0 Å². The van der Waals surface area contributed by atoms with Crippen molar-refractivity contribution < 1.29 is 22.4 Å². The molecule has 2 aliphatic rings. The largest absolute Gasteiger partial charge is 0.299 e. The second kappa shape index (κ2) is 14.3. The van der Waals surface area contributed by atoms with Gasteiger partial charge in [-0.1, -0.05) is 6.08 Å². The molecule has 0 radical (unpaired) electrons. The zero-order valence-electron chi connectivity index (χ0n) is 18.3. The fourth-order valence-corrected chi connectivity index (χ4v) is 4.03. The molecule has 3 nitrogen and oxygen atoms in total. The van der Waals surface area contributed by atoms with Gasteiger partial charge in [-0.3, -0.25) is 23.4 Å². The highest BCUT2D eigenvalue weighted by molar-refractivity contribution is 5.77. The van der Waals surface area contributed by atoms with Gasteiger partial charge in [0.1, 0.15) is 17.4 Å². The number of likely N-dealkylation sites (tertiary alicyclic amines) is 1. The molecule has 2 heterocycles. The molecular formula is C23H34F4N2O. The van der Waals surface area contributed by atoms with E-state index in [9.17, 15) is 22.4 Å². The lowest BCUT2D eigenvalue weighted by Gasteiger charge is -2.33. The first-order chi connectivity index (χ1) is 14.5. The molecule has 0 N–H and O–H groups in total. The van der Waals surface area contributed by atoms with Crippen LogP contribution in [0.5, 0.6) is 0 Å². The van der Waals surface area contributed by atoms with Crippen LogP contribution >= 0.6 is 0 Å². The average Bonchev–Trinajstić information content (AvgIpc) is 2.75. The number of halogens is 4. The molecule has 170 valence electrons. The lowest BCUT2D eigenvalue weighted by molar-refractivity contribution is -0.118. The van der Waals surface area contributed by atoms with Gasteiger partial charge in [-0.2, -0.15) is 0 Å². The van der Waals surface area contributed by atoms with Crippen molar-refractivity contribution in [2.45, 2.75) is 32.6 Å². The van der Waals surface area contributed by atoms with Gasteiger partial charge in [0.05, 0.1) is 20.9 Å². The summed E-state index contributed by atoms with van der Waals surface area (Å²) in [6, 6.07) is 3.75. The lowest BCUT2D eigenvalue weighted by atomic mass is 9.92. The van der Waals surface area contributed by atoms with E-state index in [0.29, 0.717) is 26.5 Å². The van der Waals surface area contributed by atoms with Gasteiger partial charge in [0.25, 0.3) is 0 Å². The van der Waals surface area contributed by atoms with Crippen LogP contribution in [0.1, 0.15) is 38.2 Å².